The molecule has 4 rings (SSSR count). The molecule has 0 bridgehead atoms. The van der Waals surface area contributed by atoms with E-state index in [1.54, 1.807) is 11.3 Å². The molecule has 0 radical (unpaired) electrons. The molecule has 1 atom stereocenters. The number of hydrogen-bond acceptors (Lipinski definition) is 4. The van der Waals surface area contributed by atoms with Gasteiger partial charge in [0.25, 0.3) is 0 Å². The lowest BCUT2D eigenvalue weighted by atomic mass is 10.0. The molecule has 27 heavy (non-hydrogen) atoms. The Kier molecular flexibility index (Phi) is 5.26. The van der Waals surface area contributed by atoms with Gasteiger partial charge in [-0.1, -0.05) is 36.4 Å². The van der Waals surface area contributed by atoms with Crippen molar-refractivity contribution in [1.82, 2.24) is 0 Å². The van der Waals surface area contributed by atoms with E-state index in [0.717, 1.165) is 25.2 Å². The number of anilines is 2. The fourth-order valence-corrected chi connectivity index (χ4v) is 4.40. The first-order valence-corrected chi connectivity index (χ1v) is 10.5. The number of hydrazone groups is 1. The predicted molar refractivity (Wildman–Crippen MR) is 117 cm³/mol. The molecule has 0 saturated heterocycles. The molecule has 138 valence electrons. The highest BCUT2D eigenvalue weighted by atomic mass is 32.1. The largest absolute Gasteiger partial charge is 0.372 e. The quantitative estimate of drug-likeness (QED) is 0.530. The molecule has 0 spiro atoms. The second-order valence-corrected chi connectivity index (χ2v) is 7.64. The first-order valence-electron chi connectivity index (χ1n) is 9.60. The zero-order chi connectivity index (χ0) is 18.6. The highest BCUT2D eigenvalue weighted by molar-refractivity contribution is 7.12. The van der Waals surface area contributed by atoms with Gasteiger partial charge in [-0.05, 0) is 55.1 Å². The molecule has 3 nitrogen and oxygen atoms in total. The number of nitrogens with zero attached hydrogens (tertiary/aromatic N) is 3. The van der Waals surface area contributed by atoms with Crippen LogP contribution in [0.1, 0.15) is 36.8 Å². The fraction of sp³-hybridized carbons (Fsp3) is 0.261. The van der Waals surface area contributed by atoms with Gasteiger partial charge in [-0.25, -0.2) is 0 Å². The van der Waals surface area contributed by atoms with Crippen LogP contribution < -0.4 is 9.91 Å². The third kappa shape index (κ3) is 3.62. The van der Waals surface area contributed by atoms with Gasteiger partial charge < -0.3 is 4.90 Å². The molecule has 3 aromatic rings. The van der Waals surface area contributed by atoms with Crippen LogP contribution in [0.2, 0.25) is 0 Å². The summed E-state index contributed by atoms with van der Waals surface area (Å²) in [6.45, 7) is 6.46. The SMILES string of the molecule is CCN(CC)c1ccc(C2CC(c3cccs3)=NN2c2ccccc2)cc1. The molecule has 0 saturated carbocycles. The Bertz CT molecular complexity index is 881. The average molecular weight is 376 g/mol. The van der Waals surface area contributed by atoms with E-state index < -0.39 is 0 Å². The van der Waals surface area contributed by atoms with Gasteiger partial charge in [0.05, 0.1) is 22.3 Å². The highest BCUT2D eigenvalue weighted by Crippen LogP contribution is 2.37. The van der Waals surface area contributed by atoms with Crippen LogP contribution in [0.4, 0.5) is 11.4 Å². The van der Waals surface area contributed by atoms with Crippen LogP contribution in [0.3, 0.4) is 0 Å². The highest BCUT2D eigenvalue weighted by Gasteiger charge is 2.30. The molecule has 1 aromatic heterocycles. The second kappa shape index (κ2) is 7.97. The van der Waals surface area contributed by atoms with E-state index >= 15 is 0 Å². The van der Waals surface area contributed by atoms with Gasteiger partial charge in [0, 0.05) is 25.2 Å². The molecule has 1 unspecified atom stereocenters. The topological polar surface area (TPSA) is 18.8 Å². The number of rotatable bonds is 6. The molecule has 0 aliphatic carbocycles. The molecule has 0 N–H and O–H groups in total. The lowest BCUT2D eigenvalue weighted by molar-refractivity contribution is 0.708. The van der Waals surface area contributed by atoms with E-state index in [1.165, 1.54) is 21.8 Å². The van der Waals surface area contributed by atoms with Crippen molar-refractivity contribution < 1.29 is 0 Å². The lowest BCUT2D eigenvalue weighted by Gasteiger charge is -2.25. The maximum atomic E-state index is 5.00. The minimum atomic E-state index is 0.232. The van der Waals surface area contributed by atoms with E-state index in [-0.39, 0.29) is 6.04 Å². The molecule has 1 aliphatic heterocycles. The molecule has 0 amide bonds. The maximum Gasteiger partial charge on any atom is 0.0832 e. The van der Waals surface area contributed by atoms with Crippen LogP contribution in [0, 0.1) is 0 Å². The Balaban J connectivity index is 1.66. The van der Waals surface area contributed by atoms with E-state index in [2.05, 4.69) is 95.9 Å². The van der Waals surface area contributed by atoms with Gasteiger partial charge in [0.15, 0.2) is 0 Å². The summed E-state index contributed by atoms with van der Waals surface area (Å²) in [6.07, 6.45) is 0.931. The van der Waals surface area contributed by atoms with Crippen LogP contribution >= 0.6 is 11.3 Å². The lowest BCUT2D eigenvalue weighted by Crippen LogP contribution is -2.22. The summed E-state index contributed by atoms with van der Waals surface area (Å²) in [5, 5.41) is 9.30. The van der Waals surface area contributed by atoms with Crippen LogP contribution in [0.5, 0.6) is 0 Å². The summed E-state index contributed by atoms with van der Waals surface area (Å²) in [4.78, 5) is 3.64. The van der Waals surface area contributed by atoms with E-state index in [4.69, 9.17) is 5.10 Å². The summed E-state index contributed by atoms with van der Waals surface area (Å²) in [6, 6.07) is 24.0. The van der Waals surface area contributed by atoms with Crippen molar-refractivity contribution in [2.45, 2.75) is 26.3 Å². The molecular weight excluding hydrogens is 350 g/mol. The Morgan fingerprint density at radius 3 is 2.33 bits per heavy atom. The summed E-state index contributed by atoms with van der Waals surface area (Å²) < 4.78 is 0. The zero-order valence-corrected chi connectivity index (χ0v) is 16.7. The standard InChI is InChI=1S/C23H25N3S/c1-3-25(4-2)19-14-12-18(13-15-19)22-17-21(23-11-8-16-27-23)24-26(22)20-9-6-5-7-10-20/h5-16,22H,3-4,17H2,1-2H3. The van der Waals surface area contributed by atoms with E-state index in [9.17, 15) is 0 Å². The van der Waals surface area contributed by atoms with Crippen LogP contribution in [0.25, 0.3) is 0 Å². The summed E-state index contributed by atoms with van der Waals surface area (Å²) in [7, 11) is 0. The van der Waals surface area contributed by atoms with Crippen LogP contribution in [-0.2, 0) is 0 Å². The molecule has 4 heteroatoms. The first-order chi connectivity index (χ1) is 13.3. The number of hydrogen-bond donors (Lipinski definition) is 0. The molecule has 0 fully saturated rings. The number of thiophene rings is 1. The van der Waals surface area contributed by atoms with Crippen molar-refractivity contribution in [3.8, 4) is 0 Å². The monoisotopic (exact) mass is 375 g/mol. The third-order valence-corrected chi connectivity index (χ3v) is 6.06. The summed E-state index contributed by atoms with van der Waals surface area (Å²) in [5.74, 6) is 0. The number of para-hydroxylation sites is 1. The van der Waals surface area contributed by atoms with Gasteiger partial charge in [-0.3, -0.25) is 5.01 Å². The molecule has 2 aromatic carbocycles. The van der Waals surface area contributed by atoms with Crippen molar-refractivity contribution in [2.24, 2.45) is 5.10 Å². The Morgan fingerprint density at radius 1 is 0.963 bits per heavy atom. The normalized spacial score (nSPS) is 16.4. The van der Waals surface area contributed by atoms with Crippen molar-refractivity contribution in [3.05, 3.63) is 82.6 Å². The predicted octanol–water partition coefficient (Wildman–Crippen LogP) is 5.95. The van der Waals surface area contributed by atoms with Crippen LogP contribution in [0.15, 0.2) is 77.2 Å². The number of benzene rings is 2. The van der Waals surface area contributed by atoms with Crippen molar-refractivity contribution >= 4 is 28.4 Å². The second-order valence-electron chi connectivity index (χ2n) is 6.69. The summed E-state index contributed by atoms with van der Waals surface area (Å²) >= 11 is 1.76. The minimum absolute atomic E-state index is 0.232. The Hall–Kier alpha value is -2.59. The smallest absolute Gasteiger partial charge is 0.0832 e. The van der Waals surface area contributed by atoms with Crippen molar-refractivity contribution in [1.29, 1.82) is 0 Å². The van der Waals surface area contributed by atoms with Gasteiger partial charge in [-0.2, -0.15) is 5.10 Å². The van der Waals surface area contributed by atoms with Crippen LogP contribution in [-0.4, -0.2) is 18.8 Å². The molecule has 2 heterocycles. The van der Waals surface area contributed by atoms with Gasteiger partial charge in [-0.15, -0.1) is 11.3 Å². The third-order valence-electron chi connectivity index (χ3n) is 5.14. The minimum Gasteiger partial charge on any atom is -0.372 e. The van der Waals surface area contributed by atoms with Crippen molar-refractivity contribution in [2.75, 3.05) is 23.0 Å². The molecule has 1 aliphatic rings. The van der Waals surface area contributed by atoms with Gasteiger partial charge in [0.2, 0.25) is 0 Å². The van der Waals surface area contributed by atoms with E-state index in [0.29, 0.717) is 0 Å². The van der Waals surface area contributed by atoms with E-state index in [1.807, 2.05) is 0 Å². The zero-order valence-electron chi connectivity index (χ0n) is 15.9. The Labute approximate surface area is 165 Å². The van der Waals surface area contributed by atoms with Gasteiger partial charge >= 0.3 is 0 Å². The molecular formula is C23H25N3S. The van der Waals surface area contributed by atoms with Gasteiger partial charge in [0.1, 0.15) is 0 Å². The average Bonchev–Trinajstić information content (AvgIpc) is 3.40. The maximum absolute atomic E-state index is 5.00. The van der Waals surface area contributed by atoms with Crippen molar-refractivity contribution in [3.63, 3.8) is 0 Å². The summed E-state index contributed by atoms with van der Waals surface area (Å²) in [5.41, 5.74) is 4.91. The first kappa shape index (κ1) is 17.8. The fourth-order valence-electron chi connectivity index (χ4n) is 3.68. The Morgan fingerprint density at radius 2 is 1.70 bits per heavy atom.